The highest BCUT2D eigenvalue weighted by Crippen LogP contribution is 2.27. The van der Waals surface area contributed by atoms with Gasteiger partial charge in [-0.2, -0.15) is 0 Å². The van der Waals surface area contributed by atoms with Gasteiger partial charge in [0.25, 0.3) is 5.91 Å². The van der Waals surface area contributed by atoms with E-state index in [1.54, 1.807) is 7.11 Å². The van der Waals surface area contributed by atoms with Gasteiger partial charge >= 0.3 is 0 Å². The molecular formula is C14H20N2O3. The summed E-state index contributed by atoms with van der Waals surface area (Å²) in [5.41, 5.74) is 7.28. The van der Waals surface area contributed by atoms with Crippen LogP contribution in [0, 0.1) is 6.92 Å². The first-order valence-corrected chi connectivity index (χ1v) is 6.45. The molecule has 0 aliphatic carbocycles. The highest BCUT2D eigenvalue weighted by Gasteiger charge is 2.30. The molecule has 2 atom stereocenters. The minimum Gasteiger partial charge on any atom is -0.495 e. The summed E-state index contributed by atoms with van der Waals surface area (Å²) in [5.74, 6) is 0.514. The second kappa shape index (κ2) is 6.04. The molecule has 5 heteroatoms. The largest absolute Gasteiger partial charge is 0.495 e. The molecule has 0 spiro atoms. The second-order valence-corrected chi connectivity index (χ2v) is 4.75. The van der Waals surface area contributed by atoms with E-state index in [9.17, 15) is 4.79 Å². The van der Waals surface area contributed by atoms with Gasteiger partial charge in [0.2, 0.25) is 0 Å². The van der Waals surface area contributed by atoms with Crippen LogP contribution in [0.3, 0.4) is 0 Å². The molecule has 5 nitrogen and oxygen atoms in total. The molecule has 19 heavy (non-hydrogen) atoms. The number of hydrogen-bond donors (Lipinski definition) is 2. The average Bonchev–Trinajstić information content (AvgIpc) is 2.89. The zero-order valence-electron chi connectivity index (χ0n) is 11.3. The van der Waals surface area contributed by atoms with Crippen molar-refractivity contribution in [1.29, 1.82) is 0 Å². The van der Waals surface area contributed by atoms with E-state index >= 15 is 0 Å². The lowest BCUT2D eigenvalue weighted by Gasteiger charge is -2.15. The molecule has 2 rings (SSSR count). The van der Waals surface area contributed by atoms with Gasteiger partial charge in [0, 0.05) is 6.54 Å². The Labute approximate surface area is 113 Å². The van der Waals surface area contributed by atoms with Gasteiger partial charge in [0.15, 0.2) is 0 Å². The van der Waals surface area contributed by atoms with Gasteiger partial charge in [-0.15, -0.1) is 0 Å². The van der Waals surface area contributed by atoms with E-state index in [4.69, 9.17) is 15.2 Å². The van der Waals surface area contributed by atoms with E-state index in [-0.39, 0.29) is 12.0 Å². The number of amides is 1. The predicted molar refractivity (Wildman–Crippen MR) is 73.3 cm³/mol. The van der Waals surface area contributed by atoms with Crippen molar-refractivity contribution in [2.45, 2.75) is 32.0 Å². The Morgan fingerprint density at radius 1 is 1.53 bits per heavy atom. The fourth-order valence-corrected chi connectivity index (χ4v) is 2.19. The number of aryl methyl sites for hydroxylation is 1. The minimum atomic E-state index is -0.417. The number of benzene rings is 1. The number of nitrogens with two attached hydrogens (primary N) is 1. The maximum absolute atomic E-state index is 12.1. The molecule has 0 radical (unpaired) electrons. The molecule has 1 aromatic carbocycles. The van der Waals surface area contributed by atoms with Crippen molar-refractivity contribution in [2.24, 2.45) is 5.73 Å². The van der Waals surface area contributed by atoms with Crippen LogP contribution in [0.25, 0.3) is 0 Å². The molecule has 1 saturated heterocycles. The minimum absolute atomic E-state index is 0.00402. The number of ether oxygens (including phenoxy) is 2. The maximum Gasteiger partial charge on any atom is 0.253 e. The topological polar surface area (TPSA) is 73.6 Å². The first-order chi connectivity index (χ1) is 9.13. The van der Waals surface area contributed by atoms with Crippen LogP contribution in [0.5, 0.6) is 5.75 Å². The normalized spacial score (nSPS) is 22.3. The van der Waals surface area contributed by atoms with Crippen molar-refractivity contribution >= 4 is 11.6 Å². The van der Waals surface area contributed by atoms with Crippen LogP contribution in [0.2, 0.25) is 0 Å². The fourth-order valence-electron chi connectivity index (χ4n) is 2.19. The van der Waals surface area contributed by atoms with Crippen LogP contribution in [0.1, 0.15) is 18.4 Å². The summed E-state index contributed by atoms with van der Waals surface area (Å²) in [6.07, 6.45) is 1.12. The Hall–Kier alpha value is -1.59. The van der Waals surface area contributed by atoms with Crippen molar-refractivity contribution in [3.63, 3.8) is 0 Å². The number of hydrogen-bond acceptors (Lipinski definition) is 4. The van der Waals surface area contributed by atoms with E-state index in [1.165, 1.54) is 0 Å². The Kier molecular flexibility index (Phi) is 4.39. The maximum atomic E-state index is 12.1. The molecule has 0 bridgehead atoms. The Bertz CT molecular complexity index is 462. The zero-order chi connectivity index (χ0) is 13.8. The quantitative estimate of drug-likeness (QED) is 0.863. The third kappa shape index (κ3) is 3.24. The lowest BCUT2D eigenvalue weighted by molar-refractivity contribution is -0.126. The summed E-state index contributed by atoms with van der Waals surface area (Å²) < 4.78 is 10.8. The van der Waals surface area contributed by atoms with Gasteiger partial charge in [-0.3, -0.25) is 4.79 Å². The molecule has 1 aromatic rings. The first kappa shape index (κ1) is 13.8. The number of carbonyl (C=O) groups is 1. The van der Waals surface area contributed by atoms with Crippen molar-refractivity contribution in [1.82, 2.24) is 0 Å². The van der Waals surface area contributed by atoms with Crippen LogP contribution in [-0.2, 0) is 9.53 Å². The Morgan fingerprint density at radius 2 is 2.32 bits per heavy atom. The van der Waals surface area contributed by atoms with Gasteiger partial charge in [-0.25, -0.2) is 0 Å². The van der Waals surface area contributed by atoms with E-state index in [1.807, 2.05) is 25.1 Å². The number of carbonyl (C=O) groups excluding carboxylic acids is 1. The molecule has 0 aromatic heterocycles. The lowest BCUT2D eigenvalue weighted by Crippen LogP contribution is -2.29. The molecular weight excluding hydrogens is 244 g/mol. The van der Waals surface area contributed by atoms with Gasteiger partial charge in [0.1, 0.15) is 11.9 Å². The van der Waals surface area contributed by atoms with E-state index < -0.39 is 6.10 Å². The Morgan fingerprint density at radius 3 is 2.95 bits per heavy atom. The number of rotatable bonds is 4. The molecule has 1 amide bonds. The van der Waals surface area contributed by atoms with Crippen LogP contribution in [0.15, 0.2) is 18.2 Å². The van der Waals surface area contributed by atoms with Crippen LogP contribution in [0.4, 0.5) is 5.69 Å². The summed E-state index contributed by atoms with van der Waals surface area (Å²) in [6.45, 7) is 2.43. The van der Waals surface area contributed by atoms with Gasteiger partial charge < -0.3 is 20.5 Å². The molecule has 1 aliphatic heterocycles. The molecule has 0 unspecified atom stereocenters. The number of methoxy groups -OCH3 is 1. The monoisotopic (exact) mass is 264 g/mol. The highest BCUT2D eigenvalue weighted by molar-refractivity contribution is 5.95. The summed E-state index contributed by atoms with van der Waals surface area (Å²) in [7, 11) is 1.58. The zero-order valence-corrected chi connectivity index (χ0v) is 11.3. The second-order valence-electron chi connectivity index (χ2n) is 4.75. The van der Waals surface area contributed by atoms with Gasteiger partial charge in [-0.05, 0) is 37.5 Å². The smallest absolute Gasteiger partial charge is 0.253 e. The van der Waals surface area contributed by atoms with Crippen molar-refractivity contribution in [3.8, 4) is 5.75 Å². The van der Waals surface area contributed by atoms with E-state index in [0.717, 1.165) is 12.0 Å². The standard InChI is InChI=1S/C14H20N2O3/c1-9-3-5-11(13(7-9)18-2)16-14(17)12-6-4-10(8-15)19-12/h3,5,7,10,12H,4,6,8,15H2,1-2H3,(H,16,17)/t10-,12+/m1/s1. The first-order valence-electron chi connectivity index (χ1n) is 6.45. The lowest BCUT2D eigenvalue weighted by atomic mass is 10.1. The predicted octanol–water partition coefficient (Wildman–Crippen LogP) is 1.45. The summed E-state index contributed by atoms with van der Waals surface area (Å²) in [6, 6.07) is 5.64. The summed E-state index contributed by atoms with van der Waals surface area (Å²) in [5, 5.41) is 2.85. The number of anilines is 1. The molecule has 0 saturated carbocycles. The molecule has 104 valence electrons. The molecule has 1 heterocycles. The van der Waals surface area contributed by atoms with E-state index in [2.05, 4.69) is 5.32 Å². The number of nitrogens with one attached hydrogen (secondary N) is 1. The molecule has 1 fully saturated rings. The van der Waals surface area contributed by atoms with Crippen LogP contribution >= 0.6 is 0 Å². The third-order valence-corrected chi connectivity index (χ3v) is 3.28. The van der Waals surface area contributed by atoms with Crippen LogP contribution < -0.4 is 15.8 Å². The van der Waals surface area contributed by atoms with Crippen molar-refractivity contribution in [3.05, 3.63) is 23.8 Å². The van der Waals surface area contributed by atoms with Gasteiger partial charge in [-0.1, -0.05) is 6.07 Å². The molecule has 3 N–H and O–H groups in total. The van der Waals surface area contributed by atoms with Crippen molar-refractivity contribution < 1.29 is 14.3 Å². The van der Waals surface area contributed by atoms with Gasteiger partial charge in [0.05, 0.1) is 18.9 Å². The van der Waals surface area contributed by atoms with Crippen LogP contribution in [-0.4, -0.2) is 31.8 Å². The average molecular weight is 264 g/mol. The summed E-state index contributed by atoms with van der Waals surface area (Å²) >= 11 is 0. The third-order valence-electron chi connectivity index (χ3n) is 3.28. The molecule has 1 aliphatic rings. The van der Waals surface area contributed by atoms with Crippen molar-refractivity contribution in [2.75, 3.05) is 19.0 Å². The SMILES string of the molecule is COc1cc(C)ccc1NC(=O)[C@@H]1CC[C@H](CN)O1. The highest BCUT2D eigenvalue weighted by atomic mass is 16.5. The Balaban J connectivity index is 2.03. The fraction of sp³-hybridized carbons (Fsp3) is 0.500. The summed E-state index contributed by atoms with van der Waals surface area (Å²) in [4.78, 5) is 12.1. The van der Waals surface area contributed by atoms with E-state index in [0.29, 0.717) is 24.4 Å².